The zero-order valence-electron chi connectivity index (χ0n) is 10.7. The van der Waals surface area contributed by atoms with E-state index in [9.17, 15) is 0 Å². The van der Waals surface area contributed by atoms with E-state index in [1.54, 1.807) is 7.11 Å². The van der Waals surface area contributed by atoms with Gasteiger partial charge in [-0.15, -0.1) is 0 Å². The highest BCUT2D eigenvalue weighted by molar-refractivity contribution is 5.57. The molecule has 3 heteroatoms. The molecule has 90 valence electrons. The molecule has 1 unspecified atom stereocenters. The van der Waals surface area contributed by atoms with Gasteiger partial charge in [0.05, 0.1) is 12.8 Å². The Kier molecular flexibility index (Phi) is 5.12. The molecule has 1 N–H and O–H groups in total. The van der Waals surface area contributed by atoms with Gasteiger partial charge in [-0.25, -0.2) is 0 Å². The second-order valence-corrected chi connectivity index (χ2v) is 4.22. The largest absolute Gasteiger partial charge is 0.495 e. The molecule has 0 aromatic heterocycles. The Balaban J connectivity index is 2.68. The lowest BCUT2D eigenvalue weighted by Gasteiger charge is -2.24. The van der Waals surface area contributed by atoms with Crippen molar-refractivity contribution in [2.45, 2.75) is 6.92 Å². The summed E-state index contributed by atoms with van der Waals surface area (Å²) in [6, 6.07) is 8.11. The normalized spacial score (nSPS) is 12.2. The van der Waals surface area contributed by atoms with Crippen LogP contribution < -0.4 is 15.0 Å². The molecule has 0 saturated heterocycles. The molecule has 0 aliphatic carbocycles. The average molecular weight is 222 g/mol. The second-order valence-electron chi connectivity index (χ2n) is 4.22. The summed E-state index contributed by atoms with van der Waals surface area (Å²) in [4.78, 5) is 2.24. The van der Waals surface area contributed by atoms with Crippen molar-refractivity contribution in [1.29, 1.82) is 0 Å². The number of hydrogen-bond acceptors (Lipinski definition) is 3. The molecule has 0 spiro atoms. The fraction of sp³-hybridized carbons (Fsp3) is 0.538. The Hall–Kier alpha value is -1.22. The summed E-state index contributed by atoms with van der Waals surface area (Å²) < 4.78 is 5.35. The summed E-state index contributed by atoms with van der Waals surface area (Å²) in [5.41, 5.74) is 1.15. The third kappa shape index (κ3) is 3.42. The molecule has 0 saturated carbocycles. The quantitative estimate of drug-likeness (QED) is 0.796. The number of rotatable bonds is 6. The fourth-order valence-electron chi connectivity index (χ4n) is 1.92. The molecular weight excluding hydrogens is 200 g/mol. The van der Waals surface area contributed by atoms with Crippen LogP contribution in [0.3, 0.4) is 0 Å². The summed E-state index contributed by atoms with van der Waals surface area (Å²) in [6.07, 6.45) is 0. The van der Waals surface area contributed by atoms with Gasteiger partial charge < -0.3 is 15.0 Å². The third-order valence-corrected chi connectivity index (χ3v) is 2.63. The van der Waals surface area contributed by atoms with E-state index >= 15 is 0 Å². The van der Waals surface area contributed by atoms with Crippen molar-refractivity contribution in [3.63, 3.8) is 0 Å². The molecule has 1 aromatic carbocycles. The van der Waals surface area contributed by atoms with Crippen molar-refractivity contribution in [2.24, 2.45) is 5.92 Å². The molecule has 1 aromatic rings. The zero-order valence-corrected chi connectivity index (χ0v) is 10.7. The van der Waals surface area contributed by atoms with Gasteiger partial charge in [0.25, 0.3) is 0 Å². The first kappa shape index (κ1) is 12.8. The van der Waals surface area contributed by atoms with E-state index in [0.717, 1.165) is 24.5 Å². The fourth-order valence-corrected chi connectivity index (χ4v) is 1.92. The van der Waals surface area contributed by atoms with Crippen LogP contribution in [0.4, 0.5) is 5.69 Å². The lowest BCUT2D eigenvalue weighted by molar-refractivity contribution is 0.413. The maximum absolute atomic E-state index is 5.35. The van der Waals surface area contributed by atoms with Gasteiger partial charge in [0, 0.05) is 13.6 Å². The SMILES string of the molecule is CNCC(C)CN(C)c1ccccc1OC. The van der Waals surface area contributed by atoms with Crippen molar-refractivity contribution >= 4 is 5.69 Å². The van der Waals surface area contributed by atoms with Crippen LogP contribution in [0.1, 0.15) is 6.92 Å². The van der Waals surface area contributed by atoms with Crippen LogP contribution in [0.5, 0.6) is 5.75 Å². The molecule has 0 aliphatic rings. The van der Waals surface area contributed by atoms with Gasteiger partial charge in [-0.1, -0.05) is 19.1 Å². The molecule has 16 heavy (non-hydrogen) atoms. The molecular formula is C13H22N2O. The van der Waals surface area contributed by atoms with E-state index in [4.69, 9.17) is 4.74 Å². The summed E-state index contributed by atoms with van der Waals surface area (Å²) >= 11 is 0. The van der Waals surface area contributed by atoms with Crippen LogP contribution in [0.15, 0.2) is 24.3 Å². The minimum Gasteiger partial charge on any atom is -0.495 e. The maximum Gasteiger partial charge on any atom is 0.142 e. The first-order valence-electron chi connectivity index (χ1n) is 5.67. The number of hydrogen-bond donors (Lipinski definition) is 1. The molecule has 0 amide bonds. The van der Waals surface area contributed by atoms with E-state index in [0.29, 0.717) is 5.92 Å². The topological polar surface area (TPSA) is 24.5 Å². The Morgan fingerprint density at radius 1 is 1.38 bits per heavy atom. The highest BCUT2D eigenvalue weighted by atomic mass is 16.5. The van der Waals surface area contributed by atoms with Gasteiger partial charge in [0.2, 0.25) is 0 Å². The van der Waals surface area contributed by atoms with Crippen LogP contribution in [-0.4, -0.2) is 34.3 Å². The molecule has 3 nitrogen and oxygen atoms in total. The summed E-state index contributed by atoms with van der Waals surface area (Å²) in [6.45, 7) is 4.28. The second kappa shape index (κ2) is 6.38. The first-order valence-corrected chi connectivity index (χ1v) is 5.67. The van der Waals surface area contributed by atoms with Crippen LogP contribution in [0, 0.1) is 5.92 Å². The minimum absolute atomic E-state index is 0.611. The van der Waals surface area contributed by atoms with Crippen molar-refractivity contribution in [2.75, 3.05) is 39.2 Å². The van der Waals surface area contributed by atoms with E-state index in [1.807, 2.05) is 25.2 Å². The summed E-state index contributed by atoms with van der Waals surface area (Å²) in [5, 5.41) is 3.19. The van der Waals surface area contributed by atoms with Crippen LogP contribution >= 0.6 is 0 Å². The zero-order chi connectivity index (χ0) is 12.0. The van der Waals surface area contributed by atoms with Gasteiger partial charge in [-0.3, -0.25) is 0 Å². The Labute approximate surface area is 98.4 Å². The van der Waals surface area contributed by atoms with Crippen LogP contribution in [0.25, 0.3) is 0 Å². The number of methoxy groups -OCH3 is 1. The predicted octanol–water partition coefficient (Wildman–Crippen LogP) is 1.99. The highest BCUT2D eigenvalue weighted by Crippen LogP contribution is 2.26. The number of anilines is 1. The van der Waals surface area contributed by atoms with E-state index in [-0.39, 0.29) is 0 Å². The first-order chi connectivity index (χ1) is 7.69. The minimum atomic E-state index is 0.611. The van der Waals surface area contributed by atoms with E-state index < -0.39 is 0 Å². The standard InChI is InChI=1S/C13H22N2O/c1-11(9-14-2)10-15(3)12-7-5-6-8-13(12)16-4/h5-8,11,14H,9-10H2,1-4H3. The van der Waals surface area contributed by atoms with E-state index in [1.165, 1.54) is 0 Å². The van der Waals surface area contributed by atoms with Gasteiger partial charge in [0.15, 0.2) is 0 Å². The maximum atomic E-state index is 5.35. The molecule has 0 fully saturated rings. The smallest absolute Gasteiger partial charge is 0.142 e. The Bertz CT molecular complexity index is 315. The highest BCUT2D eigenvalue weighted by Gasteiger charge is 2.10. The molecule has 0 heterocycles. The average Bonchev–Trinajstić information content (AvgIpc) is 2.29. The van der Waals surface area contributed by atoms with Crippen molar-refractivity contribution in [3.05, 3.63) is 24.3 Å². The molecule has 0 radical (unpaired) electrons. The van der Waals surface area contributed by atoms with Gasteiger partial charge in [-0.05, 0) is 31.6 Å². The molecule has 1 rings (SSSR count). The monoisotopic (exact) mass is 222 g/mol. The third-order valence-electron chi connectivity index (χ3n) is 2.63. The van der Waals surface area contributed by atoms with E-state index in [2.05, 4.69) is 30.3 Å². The predicted molar refractivity (Wildman–Crippen MR) is 69.4 cm³/mol. The molecule has 0 bridgehead atoms. The van der Waals surface area contributed by atoms with Crippen molar-refractivity contribution < 1.29 is 4.74 Å². The number of ether oxygens (including phenoxy) is 1. The Morgan fingerprint density at radius 2 is 2.06 bits per heavy atom. The van der Waals surface area contributed by atoms with Gasteiger partial charge >= 0.3 is 0 Å². The lowest BCUT2D eigenvalue weighted by atomic mass is 10.1. The summed E-state index contributed by atoms with van der Waals surface area (Å²) in [7, 11) is 5.80. The van der Waals surface area contributed by atoms with Gasteiger partial charge in [0.1, 0.15) is 5.75 Å². The number of nitrogens with zero attached hydrogens (tertiary/aromatic N) is 1. The Morgan fingerprint density at radius 3 is 2.69 bits per heavy atom. The van der Waals surface area contributed by atoms with Crippen LogP contribution in [0.2, 0.25) is 0 Å². The van der Waals surface area contributed by atoms with Crippen molar-refractivity contribution in [3.8, 4) is 5.75 Å². The van der Waals surface area contributed by atoms with Gasteiger partial charge in [-0.2, -0.15) is 0 Å². The summed E-state index contributed by atoms with van der Waals surface area (Å²) in [5.74, 6) is 1.54. The van der Waals surface area contributed by atoms with Crippen molar-refractivity contribution in [1.82, 2.24) is 5.32 Å². The molecule has 0 aliphatic heterocycles. The number of para-hydroxylation sites is 2. The molecule has 1 atom stereocenters. The lowest BCUT2D eigenvalue weighted by Crippen LogP contribution is -2.29. The number of nitrogens with one attached hydrogen (secondary N) is 1. The van der Waals surface area contributed by atoms with Crippen LogP contribution in [-0.2, 0) is 0 Å². The number of benzene rings is 1.